The summed E-state index contributed by atoms with van der Waals surface area (Å²) in [5.41, 5.74) is 6.27. The quantitative estimate of drug-likeness (QED) is 0.344. The molecule has 5 rings (SSSR count). The molecular formula is C33H35BrFN3O3. The summed E-state index contributed by atoms with van der Waals surface area (Å²) >= 11 is 3.39. The zero-order valence-corrected chi connectivity index (χ0v) is 25.0. The van der Waals surface area contributed by atoms with Crippen molar-refractivity contribution in [1.29, 1.82) is 0 Å². The fourth-order valence-electron chi connectivity index (χ4n) is 5.68. The van der Waals surface area contributed by atoms with Gasteiger partial charge in [0.15, 0.2) is 0 Å². The second-order valence-corrected chi connectivity index (χ2v) is 11.6. The molecule has 0 aromatic heterocycles. The number of fused-ring (bicyclic) bond motifs is 2. The van der Waals surface area contributed by atoms with E-state index < -0.39 is 0 Å². The molecule has 2 atom stereocenters. The Balaban J connectivity index is 1.32. The lowest BCUT2D eigenvalue weighted by atomic mass is 9.83. The van der Waals surface area contributed by atoms with E-state index in [9.17, 15) is 14.0 Å². The Morgan fingerprint density at radius 2 is 1.85 bits per heavy atom. The molecule has 1 fully saturated rings. The van der Waals surface area contributed by atoms with Crippen molar-refractivity contribution >= 4 is 33.3 Å². The lowest BCUT2D eigenvalue weighted by Crippen LogP contribution is -2.61. The molecule has 0 unspecified atom stereocenters. The van der Waals surface area contributed by atoms with Crippen molar-refractivity contribution in [2.45, 2.75) is 45.2 Å². The Kier molecular flexibility index (Phi) is 9.20. The highest BCUT2D eigenvalue weighted by Crippen LogP contribution is 2.33. The van der Waals surface area contributed by atoms with Crippen LogP contribution in [0.2, 0.25) is 0 Å². The largest absolute Gasteiger partial charge is 0.492 e. The van der Waals surface area contributed by atoms with E-state index in [1.54, 1.807) is 13.0 Å². The van der Waals surface area contributed by atoms with Crippen molar-refractivity contribution in [1.82, 2.24) is 15.5 Å². The first-order chi connectivity index (χ1) is 19.8. The predicted octanol–water partition coefficient (Wildman–Crippen LogP) is 5.22. The molecule has 214 valence electrons. The van der Waals surface area contributed by atoms with E-state index in [0.29, 0.717) is 54.9 Å². The minimum Gasteiger partial charge on any atom is -0.492 e. The molecule has 41 heavy (non-hydrogen) atoms. The molecule has 2 aliphatic heterocycles. The molecule has 2 amide bonds. The number of hydrogen-bond donors (Lipinski definition) is 2. The number of nitrogens with one attached hydrogen (secondary N) is 2. The van der Waals surface area contributed by atoms with Crippen LogP contribution in [-0.4, -0.2) is 55.0 Å². The van der Waals surface area contributed by atoms with Gasteiger partial charge < -0.3 is 20.3 Å². The number of piperazine rings is 1. The first-order valence-corrected chi connectivity index (χ1v) is 14.8. The highest BCUT2D eigenvalue weighted by Gasteiger charge is 2.38. The van der Waals surface area contributed by atoms with Crippen molar-refractivity contribution < 1.29 is 18.7 Å². The second-order valence-electron chi connectivity index (χ2n) is 10.7. The molecule has 0 radical (unpaired) electrons. The zero-order chi connectivity index (χ0) is 28.9. The summed E-state index contributed by atoms with van der Waals surface area (Å²) < 4.78 is 20.1. The van der Waals surface area contributed by atoms with E-state index >= 15 is 0 Å². The van der Waals surface area contributed by atoms with Gasteiger partial charge in [-0.05, 0) is 75.7 Å². The van der Waals surface area contributed by atoms with Gasteiger partial charge in [-0.1, -0.05) is 48.5 Å². The molecule has 3 aromatic rings. The zero-order valence-electron chi connectivity index (χ0n) is 23.4. The Bertz CT molecular complexity index is 1460. The maximum Gasteiger partial charge on any atom is 0.249 e. The van der Waals surface area contributed by atoms with Crippen molar-refractivity contribution in [3.8, 4) is 5.75 Å². The van der Waals surface area contributed by atoms with Gasteiger partial charge >= 0.3 is 0 Å². The van der Waals surface area contributed by atoms with Gasteiger partial charge in [0.05, 0.1) is 17.1 Å². The first kappa shape index (κ1) is 29.0. The first-order valence-electron chi connectivity index (χ1n) is 14.0. The van der Waals surface area contributed by atoms with Crippen molar-refractivity contribution in [3.63, 3.8) is 0 Å². The van der Waals surface area contributed by atoms with Gasteiger partial charge in [-0.2, -0.15) is 0 Å². The predicted molar refractivity (Wildman–Crippen MR) is 162 cm³/mol. The molecule has 0 saturated carbocycles. The smallest absolute Gasteiger partial charge is 0.249 e. The third-order valence-electron chi connectivity index (χ3n) is 7.88. The minimum atomic E-state index is -0.339. The molecule has 2 bridgehead atoms. The summed E-state index contributed by atoms with van der Waals surface area (Å²) in [7, 11) is 0. The normalized spacial score (nSPS) is 18.3. The Labute approximate surface area is 249 Å². The van der Waals surface area contributed by atoms with Crippen LogP contribution in [0.15, 0.2) is 76.8 Å². The second kappa shape index (κ2) is 13.0. The van der Waals surface area contributed by atoms with Crippen LogP contribution >= 0.6 is 15.9 Å². The molecular weight excluding hydrogens is 585 g/mol. The number of carbonyl (C=O) groups is 2. The number of halogens is 2. The molecule has 3 aromatic carbocycles. The number of ether oxygens (including phenoxy) is 1. The van der Waals surface area contributed by atoms with Crippen molar-refractivity contribution in [2.75, 3.05) is 26.2 Å². The SMILES string of the molecule is CC(=O)N1C[C@H]2CC(c3ccc(CCOc4cc(F)ccc4Br)cc3)=C(C(=O)NCCc3ccccc3C)[C@@H](C1)N2. The van der Waals surface area contributed by atoms with Crippen LogP contribution in [-0.2, 0) is 22.4 Å². The highest BCUT2D eigenvalue weighted by molar-refractivity contribution is 9.10. The number of benzene rings is 3. The summed E-state index contributed by atoms with van der Waals surface area (Å²) in [5, 5.41) is 6.74. The maximum atomic E-state index is 13.7. The lowest BCUT2D eigenvalue weighted by molar-refractivity contribution is -0.131. The molecule has 8 heteroatoms. The number of rotatable bonds is 9. The van der Waals surface area contributed by atoms with Crippen LogP contribution in [0.4, 0.5) is 4.39 Å². The monoisotopic (exact) mass is 619 g/mol. The van der Waals surface area contributed by atoms with Crippen LogP contribution in [0.5, 0.6) is 5.75 Å². The number of aryl methyl sites for hydroxylation is 1. The molecule has 0 spiro atoms. The van der Waals surface area contributed by atoms with E-state index in [4.69, 9.17) is 4.74 Å². The van der Waals surface area contributed by atoms with Crippen LogP contribution < -0.4 is 15.4 Å². The van der Waals surface area contributed by atoms with Gasteiger partial charge in [0, 0.05) is 50.7 Å². The van der Waals surface area contributed by atoms with Crippen LogP contribution in [0.25, 0.3) is 5.57 Å². The molecule has 2 heterocycles. The van der Waals surface area contributed by atoms with Gasteiger partial charge in [-0.3, -0.25) is 9.59 Å². The summed E-state index contributed by atoms with van der Waals surface area (Å²) in [6.45, 7) is 5.71. The van der Waals surface area contributed by atoms with Gasteiger partial charge in [-0.15, -0.1) is 0 Å². The Morgan fingerprint density at radius 1 is 1.07 bits per heavy atom. The van der Waals surface area contributed by atoms with Crippen molar-refractivity contribution in [3.05, 3.63) is 105 Å². The van der Waals surface area contributed by atoms with Gasteiger partial charge in [0.25, 0.3) is 0 Å². The maximum absolute atomic E-state index is 13.7. The van der Waals surface area contributed by atoms with Crippen LogP contribution in [0.3, 0.4) is 0 Å². The highest BCUT2D eigenvalue weighted by atomic mass is 79.9. The number of carbonyl (C=O) groups excluding carboxylic acids is 2. The number of hydrogen-bond acceptors (Lipinski definition) is 4. The third-order valence-corrected chi connectivity index (χ3v) is 8.53. The summed E-state index contributed by atoms with van der Waals surface area (Å²) in [4.78, 5) is 27.7. The summed E-state index contributed by atoms with van der Waals surface area (Å²) in [5.74, 6) is 0.0777. The van der Waals surface area contributed by atoms with Gasteiger partial charge in [-0.25, -0.2) is 4.39 Å². The average molecular weight is 621 g/mol. The Hall–Kier alpha value is -3.49. The van der Waals surface area contributed by atoms with Crippen LogP contribution in [0.1, 0.15) is 35.6 Å². The average Bonchev–Trinajstić information content (AvgIpc) is 2.95. The van der Waals surface area contributed by atoms with E-state index in [0.717, 1.165) is 23.1 Å². The van der Waals surface area contributed by atoms with Gasteiger partial charge in [0.2, 0.25) is 11.8 Å². The molecule has 6 nitrogen and oxygen atoms in total. The molecule has 0 aliphatic carbocycles. The van der Waals surface area contributed by atoms with Gasteiger partial charge in [0.1, 0.15) is 11.6 Å². The fourth-order valence-corrected chi connectivity index (χ4v) is 6.04. The minimum absolute atomic E-state index is 0.0288. The van der Waals surface area contributed by atoms with E-state index in [1.165, 1.54) is 23.3 Å². The fraction of sp³-hybridized carbons (Fsp3) is 0.333. The van der Waals surface area contributed by atoms with E-state index in [-0.39, 0.29) is 29.7 Å². The van der Waals surface area contributed by atoms with Crippen molar-refractivity contribution in [2.24, 2.45) is 0 Å². The van der Waals surface area contributed by atoms with E-state index in [1.807, 2.05) is 17.0 Å². The number of nitrogens with zero attached hydrogens (tertiary/aromatic N) is 1. The van der Waals surface area contributed by atoms with E-state index in [2.05, 4.69) is 69.9 Å². The lowest BCUT2D eigenvalue weighted by Gasteiger charge is -2.44. The molecule has 1 saturated heterocycles. The molecule has 2 aliphatic rings. The topological polar surface area (TPSA) is 70.7 Å². The third kappa shape index (κ3) is 7.05. The number of amides is 2. The van der Waals surface area contributed by atoms with Crippen LogP contribution in [0, 0.1) is 12.7 Å². The summed E-state index contributed by atoms with van der Waals surface area (Å²) in [6, 6.07) is 20.7. The summed E-state index contributed by atoms with van der Waals surface area (Å²) in [6.07, 6.45) is 2.08. The molecule has 2 N–H and O–H groups in total. The Morgan fingerprint density at radius 3 is 2.61 bits per heavy atom. The standard InChI is InChI=1S/C33H35BrFN3O3/c1-21-5-3-4-6-24(21)13-15-36-33(40)32-28(18-27-19-38(22(2)39)20-30(32)37-27)25-9-7-23(8-10-25)14-16-41-31-17-26(35)11-12-29(31)34/h3-12,17,27,30,37H,13-16,18-20H2,1-2H3,(H,36,40)/t27-,30-/m1/s1.